The number of carbonyl (C=O) groups is 1. The van der Waals surface area contributed by atoms with Crippen LogP contribution in [0.1, 0.15) is 10.5 Å². The van der Waals surface area contributed by atoms with Gasteiger partial charge in [0.05, 0.1) is 18.6 Å². The molecule has 1 atom stereocenters. The van der Waals surface area contributed by atoms with Crippen LogP contribution >= 0.6 is 0 Å². The summed E-state index contributed by atoms with van der Waals surface area (Å²) >= 11 is 0. The van der Waals surface area contributed by atoms with E-state index < -0.39 is 41.2 Å². The Labute approximate surface area is 115 Å². The quantitative estimate of drug-likeness (QED) is 0.475. The number of rotatable bonds is 5. The lowest BCUT2D eigenvalue weighted by atomic mass is 10.3. The van der Waals surface area contributed by atoms with E-state index in [1.54, 1.807) is 0 Å². The number of carbonyl (C=O) groups excluding carboxylic acids is 1. The Kier molecular flexibility index (Phi) is 5.02. The van der Waals surface area contributed by atoms with Crippen LogP contribution in [0.2, 0.25) is 0 Å². The van der Waals surface area contributed by atoms with Crippen molar-refractivity contribution >= 4 is 17.5 Å². The molecule has 116 valence electrons. The molecule has 1 aromatic rings. The molecule has 0 saturated heterocycles. The Hall–Kier alpha value is -2.43. The van der Waals surface area contributed by atoms with Crippen molar-refractivity contribution in [3.8, 4) is 0 Å². The van der Waals surface area contributed by atoms with E-state index in [0.717, 1.165) is 19.2 Å². The van der Waals surface area contributed by atoms with Crippen molar-refractivity contribution in [2.24, 2.45) is 0 Å². The molecule has 0 amide bonds. The van der Waals surface area contributed by atoms with Gasteiger partial charge in [0.15, 0.2) is 11.8 Å². The largest absolute Gasteiger partial charge is 0.464 e. The Bertz CT molecular complexity index is 549. The van der Waals surface area contributed by atoms with Crippen LogP contribution in [-0.4, -0.2) is 46.9 Å². The summed E-state index contributed by atoms with van der Waals surface area (Å²) in [6.07, 6.45) is -7.62. The van der Waals surface area contributed by atoms with Crippen molar-refractivity contribution in [3.63, 3.8) is 0 Å². The third-order valence-electron chi connectivity index (χ3n) is 2.31. The van der Waals surface area contributed by atoms with Crippen molar-refractivity contribution in [3.05, 3.63) is 27.9 Å². The third kappa shape index (κ3) is 4.27. The SMILES string of the molecule is COC(=O)c1ccc([N+](=O)[O-])c(NCC(O)C(F)(F)F)n1. The first-order chi connectivity index (χ1) is 9.66. The molecule has 8 nitrogen and oxygen atoms in total. The van der Waals surface area contributed by atoms with Crippen molar-refractivity contribution in [2.45, 2.75) is 12.3 Å². The van der Waals surface area contributed by atoms with Gasteiger partial charge in [-0.15, -0.1) is 0 Å². The number of hydrogen-bond acceptors (Lipinski definition) is 7. The first kappa shape index (κ1) is 16.6. The van der Waals surface area contributed by atoms with E-state index in [1.807, 2.05) is 5.32 Å². The number of hydrogen-bond donors (Lipinski definition) is 2. The lowest BCUT2D eigenvalue weighted by Crippen LogP contribution is -2.35. The number of aliphatic hydroxyl groups excluding tert-OH is 1. The number of nitro groups is 1. The molecule has 0 bridgehead atoms. The first-order valence-corrected chi connectivity index (χ1v) is 5.39. The number of methoxy groups -OCH3 is 1. The number of aliphatic hydroxyl groups is 1. The highest BCUT2D eigenvalue weighted by molar-refractivity contribution is 5.88. The molecule has 0 aliphatic rings. The number of nitrogens with zero attached hydrogens (tertiary/aromatic N) is 2. The highest BCUT2D eigenvalue weighted by atomic mass is 19.4. The van der Waals surface area contributed by atoms with Gasteiger partial charge in [-0.3, -0.25) is 10.1 Å². The van der Waals surface area contributed by atoms with Gasteiger partial charge >= 0.3 is 17.8 Å². The Balaban J connectivity index is 3.02. The molecule has 1 rings (SSSR count). The van der Waals surface area contributed by atoms with Gasteiger partial charge in [0, 0.05) is 6.07 Å². The van der Waals surface area contributed by atoms with E-state index in [4.69, 9.17) is 5.11 Å². The number of anilines is 1. The second-order valence-corrected chi connectivity index (χ2v) is 3.75. The number of halogens is 3. The molecule has 0 radical (unpaired) electrons. The van der Waals surface area contributed by atoms with E-state index in [1.165, 1.54) is 0 Å². The predicted molar refractivity (Wildman–Crippen MR) is 62.8 cm³/mol. The van der Waals surface area contributed by atoms with E-state index >= 15 is 0 Å². The molecule has 2 N–H and O–H groups in total. The lowest BCUT2D eigenvalue weighted by molar-refractivity contribution is -0.384. The average molecular weight is 309 g/mol. The number of nitrogens with one attached hydrogen (secondary N) is 1. The van der Waals surface area contributed by atoms with E-state index in [2.05, 4.69) is 9.72 Å². The van der Waals surface area contributed by atoms with Crippen molar-refractivity contribution in [2.75, 3.05) is 19.0 Å². The normalized spacial score (nSPS) is 12.6. The van der Waals surface area contributed by atoms with Gasteiger partial charge in [-0.1, -0.05) is 0 Å². The monoisotopic (exact) mass is 309 g/mol. The molecular formula is C10H10F3N3O5. The van der Waals surface area contributed by atoms with Gasteiger partial charge in [-0.25, -0.2) is 9.78 Å². The molecule has 1 heterocycles. The van der Waals surface area contributed by atoms with Gasteiger partial charge in [-0.05, 0) is 6.07 Å². The van der Waals surface area contributed by atoms with Crippen molar-refractivity contribution in [1.82, 2.24) is 4.98 Å². The van der Waals surface area contributed by atoms with Crippen LogP contribution in [0.15, 0.2) is 12.1 Å². The number of alkyl halides is 3. The fraction of sp³-hybridized carbons (Fsp3) is 0.400. The van der Waals surface area contributed by atoms with Crippen LogP contribution in [0.25, 0.3) is 0 Å². The highest BCUT2D eigenvalue weighted by Crippen LogP contribution is 2.24. The minimum Gasteiger partial charge on any atom is -0.464 e. The average Bonchev–Trinajstić information content (AvgIpc) is 2.42. The molecule has 0 saturated carbocycles. The van der Waals surface area contributed by atoms with Crippen LogP contribution in [0.4, 0.5) is 24.7 Å². The zero-order chi connectivity index (χ0) is 16.2. The maximum absolute atomic E-state index is 12.2. The molecule has 0 aromatic carbocycles. The third-order valence-corrected chi connectivity index (χ3v) is 2.31. The molecule has 0 aliphatic carbocycles. The fourth-order valence-electron chi connectivity index (χ4n) is 1.26. The summed E-state index contributed by atoms with van der Waals surface area (Å²) in [7, 11) is 1.05. The Morgan fingerprint density at radius 2 is 2.19 bits per heavy atom. The topological polar surface area (TPSA) is 115 Å². The summed E-state index contributed by atoms with van der Waals surface area (Å²) < 4.78 is 40.8. The minimum absolute atomic E-state index is 0.327. The summed E-state index contributed by atoms with van der Waals surface area (Å²) in [5.74, 6) is -1.49. The maximum atomic E-state index is 12.2. The summed E-state index contributed by atoms with van der Waals surface area (Å²) in [6, 6.07) is 1.89. The predicted octanol–water partition coefficient (Wildman–Crippen LogP) is 1.11. The van der Waals surface area contributed by atoms with Crippen LogP contribution in [-0.2, 0) is 4.74 Å². The lowest BCUT2D eigenvalue weighted by Gasteiger charge is -2.15. The summed E-state index contributed by atoms with van der Waals surface area (Å²) in [5, 5.41) is 21.6. The summed E-state index contributed by atoms with van der Waals surface area (Å²) in [6.45, 7) is -1.05. The number of aromatic nitrogens is 1. The fourth-order valence-corrected chi connectivity index (χ4v) is 1.26. The first-order valence-electron chi connectivity index (χ1n) is 5.39. The summed E-state index contributed by atoms with van der Waals surface area (Å²) in [5.41, 5.74) is -0.968. The molecule has 1 unspecified atom stereocenters. The van der Waals surface area contributed by atoms with Gasteiger partial charge in [0.25, 0.3) is 0 Å². The molecule has 0 fully saturated rings. The zero-order valence-electron chi connectivity index (χ0n) is 10.5. The van der Waals surface area contributed by atoms with Crippen LogP contribution in [0, 0.1) is 10.1 Å². The Morgan fingerprint density at radius 1 is 1.57 bits per heavy atom. The smallest absolute Gasteiger partial charge is 0.416 e. The second kappa shape index (κ2) is 6.35. The van der Waals surface area contributed by atoms with Crippen molar-refractivity contribution in [1.29, 1.82) is 0 Å². The molecule has 1 aromatic heterocycles. The van der Waals surface area contributed by atoms with Crippen molar-refractivity contribution < 1.29 is 32.7 Å². The van der Waals surface area contributed by atoms with Gasteiger partial charge in [0.2, 0.25) is 5.82 Å². The standard InChI is InChI=1S/C10H10F3N3O5/c1-21-9(18)5-2-3-6(16(19)20)8(15-5)14-4-7(17)10(11,12)13/h2-3,7,17H,4H2,1H3,(H,14,15). The number of esters is 1. The van der Waals surface area contributed by atoms with Crippen LogP contribution < -0.4 is 5.32 Å². The van der Waals surface area contributed by atoms with Gasteiger partial charge in [-0.2, -0.15) is 13.2 Å². The van der Waals surface area contributed by atoms with Crippen LogP contribution in [0.3, 0.4) is 0 Å². The van der Waals surface area contributed by atoms with Gasteiger partial charge in [0.1, 0.15) is 0 Å². The molecular weight excluding hydrogens is 299 g/mol. The maximum Gasteiger partial charge on any atom is 0.416 e. The molecule has 0 spiro atoms. The number of pyridine rings is 1. The number of ether oxygens (including phenoxy) is 1. The molecule has 0 aliphatic heterocycles. The molecule has 11 heteroatoms. The Morgan fingerprint density at radius 3 is 2.67 bits per heavy atom. The minimum atomic E-state index is -4.89. The van der Waals surface area contributed by atoms with Gasteiger partial charge < -0.3 is 15.2 Å². The summed E-state index contributed by atoms with van der Waals surface area (Å²) in [4.78, 5) is 24.6. The van der Waals surface area contributed by atoms with E-state index in [9.17, 15) is 28.1 Å². The highest BCUT2D eigenvalue weighted by Gasteiger charge is 2.38. The van der Waals surface area contributed by atoms with E-state index in [0.29, 0.717) is 0 Å². The molecule has 21 heavy (non-hydrogen) atoms. The van der Waals surface area contributed by atoms with E-state index in [-0.39, 0.29) is 5.69 Å². The zero-order valence-corrected chi connectivity index (χ0v) is 10.5. The second-order valence-electron chi connectivity index (χ2n) is 3.75. The van der Waals surface area contributed by atoms with Crippen LogP contribution in [0.5, 0.6) is 0 Å².